The van der Waals surface area contributed by atoms with Crippen molar-refractivity contribution in [3.8, 4) is 5.69 Å². The van der Waals surface area contributed by atoms with Crippen LogP contribution in [0.5, 0.6) is 0 Å². The highest BCUT2D eigenvalue weighted by Gasteiger charge is 2.52. The molecule has 0 N–H and O–H groups in total. The van der Waals surface area contributed by atoms with Crippen LogP contribution in [0.25, 0.3) is 11.8 Å². The predicted octanol–water partition coefficient (Wildman–Crippen LogP) is 5.15. The van der Waals surface area contributed by atoms with Gasteiger partial charge < -0.3 is 0 Å². The van der Waals surface area contributed by atoms with Gasteiger partial charge in [0.15, 0.2) is 10.0 Å². The van der Waals surface area contributed by atoms with E-state index < -0.39 is 15.4 Å². The maximum absolute atomic E-state index is 14.6. The minimum atomic E-state index is -3.87. The normalized spacial score (nSPS) is 22.1. The van der Waals surface area contributed by atoms with Crippen LogP contribution in [0.3, 0.4) is 0 Å². The van der Waals surface area contributed by atoms with E-state index >= 15 is 0 Å². The van der Waals surface area contributed by atoms with Crippen molar-refractivity contribution in [2.45, 2.75) is 62.4 Å². The predicted molar refractivity (Wildman–Crippen MR) is 156 cm³/mol. The molecule has 3 heterocycles. The highest BCUT2D eigenvalue weighted by Crippen LogP contribution is 2.52. The van der Waals surface area contributed by atoms with Crippen LogP contribution in [0, 0.1) is 11.2 Å². The zero-order valence-electron chi connectivity index (χ0n) is 23.4. The number of Topliss-reactive ketones (excluding diaryl/α,β-unsaturated/α-hetero) is 1. The zero-order valence-corrected chi connectivity index (χ0v) is 25.0. The van der Waals surface area contributed by atoms with Gasteiger partial charge in [-0.15, -0.1) is 11.3 Å². The molecule has 0 bridgehead atoms. The lowest BCUT2D eigenvalue weighted by molar-refractivity contribution is 0.0744. The number of hydrogen-bond donors (Lipinski definition) is 0. The lowest BCUT2D eigenvalue weighted by atomic mass is 9.61. The lowest BCUT2D eigenvalue weighted by Gasteiger charge is -2.46. The summed E-state index contributed by atoms with van der Waals surface area (Å²) in [6, 6.07) is 7.29. The largest absolute Gasteiger partial charge is 0.290 e. The Hall–Kier alpha value is -3.48. The van der Waals surface area contributed by atoms with Gasteiger partial charge in [0, 0.05) is 37.1 Å². The smallest absolute Gasteiger partial charge is 0.262 e. The number of carbonyl (C=O) groups is 1. The first kappa shape index (κ1) is 27.4. The Labute approximate surface area is 247 Å². The lowest BCUT2D eigenvalue weighted by Crippen LogP contribution is -2.50. The van der Waals surface area contributed by atoms with Gasteiger partial charge in [-0.25, -0.2) is 22.5 Å². The van der Waals surface area contributed by atoms with Gasteiger partial charge in [0.2, 0.25) is 5.78 Å². The van der Waals surface area contributed by atoms with Gasteiger partial charge in [0.25, 0.3) is 10.0 Å². The van der Waals surface area contributed by atoms with E-state index in [9.17, 15) is 17.6 Å². The van der Waals surface area contributed by atoms with E-state index in [1.165, 1.54) is 38.5 Å². The Morgan fingerprint density at radius 2 is 1.98 bits per heavy atom. The molecule has 7 rings (SSSR count). The summed E-state index contributed by atoms with van der Waals surface area (Å²) in [5.41, 5.74) is 3.49. The number of thiazole rings is 1. The molecule has 0 unspecified atom stereocenters. The molecule has 3 aromatic heterocycles. The number of hydrogen-bond acceptors (Lipinski definition) is 7. The average Bonchev–Trinajstić information content (AvgIpc) is 3.34. The monoisotopic (exact) mass is 606 g/mol. The Balaban J connectivity index is 1.30. The molecule has 3 aliphatic carbocycles. The van der Waals surface area contributed by atoms with Gasteiger partial charge >= 0.3 is 0 Å². The van der Waals surface area contributed by atoms with Crippen molar-refractivity contribution < 1.29 is 17.6 Å². The third-order valence-corrected chi connectivity index (χ3v) is 11.6. The van der Waals surface area contributed by atoms with Crippen molar-refractivity contribution in [1.29, 1.82) is 0 Å². The Bertz CT molecular complexity index is 1820. The topological polar surface area (TPSA) is 103 Å². The molecule has 0 aliphatic heterocycles. The number of aromatic nitrogens is 5. The number of carbonyl (C=O) groups excluding carboxylic acids is 1. The van der Waals surface area contributed by atoms with Gasteiger partial charge in [-0.1, -0.05) is 12.5 Å². The van der Waals surface area contributed by atoms with E-state index in [2.05, 4.69) is 10.2 Å². The van der Waals surface area contributed by atoms with E-state index in [4.69, 9.17) is 4.98 Å². The zero-order chi connectivity index (χ0) is 29.2. The Kier molecular flexibility index (Phi) is 6.55. The SMILES string of the molecule is CCN([C@H]1CCC2=Cc3c(cnn3-c3ccc(F)cc3)C[C@]2(C(=O)c2nc(C3CC3)cs2)C1)S(=O)(=O)c1ccn(C)n1. The molecule has 0 spiro atoms. The standard InChI is InChI=1S/C30H31FN6O3S2/c1-3-36(42(39,40)27-12-13-35(2)34-27)24-9-6-21-14-26-20(17-32-37(26)23-10-7-22(31)8-11-23)15-30(21,16-24)28(38)29-33-25(18-41-29)19-4-5-19/h7-8,10-14,17-19,24H,3-6,9,15-16H2,1-2H3/t24-,30-/m0/s1. The van der Waals surface area contributed by atoms with Crippen LogP contribution in [0.15, 0.2) is 58.7 Å². The maximum atomic E-state index is 14.6. The summed E-state index contributed by atoms with van der Waals surface area (Å²) in [4.78, 5) is 19.4. The molecule has 12 heteroatoms. The van der Waals surface area contributed by atoms with E-state index in [1.807, 2.05) is 18.4 Å². The number of benzene rings is 1. The molecular weight excluding hydrogens is 576 g/mol. The molecule has 218 valence electrons. The fraction of sp³-hybridized carbons (Fsp3) is 0.400. The van der Waals surface area contributed by atoms with Crippen molar-refractivity contribution in [1.82, 2.24) is 28.9 Å². The molecule has 0 radical (unpaired) electrons. The molecule has 1 aromatic carbocycles. The Morgan fingerprint density at radius 3 is 2.67 bits per heavy atom. The summed E-state index contributed by atoms with van der Waals surface area (Å²) < 4.78 is 45.9. The first-order valence-corrected chi connectivity index (χ1v) is 16.6. The van der Waals surface area contributed by atoms with Gasteiger partial charge in [0.05, 0.1) is 28.7 Å². The molecule has 3 aliphatic rings. The second-order valence-corrected chi connectivity index (χ2v) is 14.2. The minimum Gasteiger partial charge on any atom is -0.290 e. The molecule has 2 atom stereocenters. The number of sulfonamides is 1. The third kappa shape index (κ3) is 4.47. The van der Waals surface area contributed by atoms with E-state index in [1.54, 1.807) is 36.3 Å². The van der Waals surface area contributed by atoms with Gasteiger partial charge in [-0.05, 0) is 80.5 Å². The summed E-state index contributed by atoms with van der Waals surface area (Å²) in [5.74, 6) is 0.0541. The number of ketones is 1. The quantitative estimate of drug-likeness (QED) is 0.257. The van der Waals surface area contributed by atoms with Crippen LogP contribution in [-0.2, 0) is 23.5 Å². The fourth-order valence-corrected chi connectivity index (χ4v) is 9.11. The number of nitrogens with zero attached hydrogens (tertiary/aromatic N) is 6. The number of rotatable bonds is 8. The van der Waals surface area contributed by atoms with Crippen LogP contribution >= 0.6 is 11.3 Å². The number of allylic oxidation sites excluding steroid dienone is 1. The summed E-state index contributed by atoms with van der Waals surface area (Å²) in [6.07, 6.45) is 9.49. The number of fused-ring (bicyclic) bond motifs is 2. The number of halogens is 1. The van der Waals surface area contributed by atoms with Crippen LogP contribution in [0.4, 0.5) is 4.39 Å². The molecule has 2 fully saturated rings. The number of aryl methyl sites for hydroxylation is 1. The second kappa shape index (κ2) is 10.1. The summed E-state index contributed by atoms with van der Waals surface area (Å²) in [5, 5.41) is 11.3. The molecule has 0 amide bonds. The second-order valence-electron chi connectivity index (χ2n) is 11.5. The summed E-state index contributed by atoms with van der Waals surface area (Å²) >= 11 is 1.39. The molecule has 4 aromatic rings. The third-order valence-electron chi connectivity index (χ3n) is 8.83. The van der Waals surface area contributed by atoms with Crippen molar-refractivity contribution in [2.75, 3.05) is 6.54 Å². The van der Waals surface area contributed by atoms with Crippen LogP contribution in [0.2, 0.25) is 0 Å². The molecule has 42 heavy (non-hydrogen) atoms. The molecule has 9 nitrogen and oxygen atoms in total. The molecule has 2 saturated carbocycles. The minimum absolute atomic E-state index is 0.00840. The van der Waals surface area contributed by atoms with Crippen molar-refractivity contribution in [2.24, 2.45) is 12.5 Å². The van der Waals surface area contributed by atoms with Crippen LogP contribution in [0.1, 0.15) is 71.7 Å². The highest BCUT2D eigenvalue weighted by atomic mass is 32.2. The van der Waals surface area contributed by atoms with Gasteiger partial charge in [-0.3, -0.25) is 9.48 Å². The van der Waals surface area contributed by atoms with Crippen LogP contribution in [-0.4, -0.2) is 55.6 Å². The van der Waals surface area contributed by atoms with Gasteiger partial charge in [-0.2, -0.15) is 14.5 Å². The first-order valence-electron chi connectivity index (χ1n) is 14.3. The van der Waals surface area contributed by atoms with E-state index in [-0.39, 0.29) is 29.2 Å². The highest BCUT2D eigenvalue weighted by molar-refractivity contribution is 7.89. The Morgan fingerprint density at radius 1 is 1.19 bits per heavy atom. The van der Waals surface area contributed by atoms with E-state index in [0.29, 0.717) is 36.6 Å². The van der Waals surface area contributed by atoms with Crippen molar-refractivity contribution in [3.63, 3.8) is 0 Å². The van der Waals surface area contributed by atoms with E-state index in [0.717, 1.165) is 41.1 Å². The fourth-order valence-electron chi connectivity index (χ4n) is 6.56. The average molecular weight is 607 g/mol. The van der Waals surface area contributed by atoms with Crippen molar-refractivity contribution in [3.05, 3.63) is 81.5 Å². The van der Waals surface area contributed by atoms with Crippen molar-refractivity contribution >= 4 is 33.2 Å². The van der Waals surface area contributed by atoms with Gasteiger partial charge in [0.1, 0.15) is 5.82 Å². The van der Waals surface area contributed by atoms with Crippen LogP contribution < -0.4 is 0 Å². The summed E-state index contributed by atoms with van der Waals surface area (Å²) in [6.45, 7) is 2.10. The summed E-state index contributed by atoms with van der Waals surface area (Å²) in [7, 11) is -2.18. The maximum Gasteiger partial charge on any atom is 0.262 e. The molecule has 0 saturated heterocycles. The first-order chi connectivity index (χ1) is 20.2. The molecular formula is C30H31FN6O3S2.